The van der Waals surface area contributed by atoms with E-state index in [9.17, 15) is 39.5 Å². The molecule has 0 amide bonds. The number of carbonyl (C=O) groups is 4. The normalized spacial score (nSPS) is 11.6. The van der Waals surface area contributed by atoms with Crippen LogP contribution in [0.2, 0.25) is 0 Å². The number of aliphatic carboxylic acids is 1. The quantitative estimate of drug-likeness (QED) is 0.0951. The molecule has 1 aromatic carbocycles. The van der Waals surface area contributed by atoms with Crippen LogP contribution in [-0.2, 0) is 38.6 Å². The molecule has 0 saturated carbocycles. The van der Waals surface area contributed by atoms with Gasteiger partial charge in [0.15, 0.2) is 0 Å². The number of rotatable bonds is 18. The Morgan fingerprint density at radius 3 is 2.26 bits per heavy atom. The summed E-state index contributed by atoms with van der Waals surface area (Å²) in [4.78, 5) is 67.3. The molecule has 1 atom stereocenters. The number of nitro groups is 1. The van der Waals surface area contributed by atoms with Crippen LogP contribution in [0.5, 0.6) is 5.88 Å². The Labute approximate surface area is 239 Å². The molecule has 3 rings (SSSR count). The van der Waals surface area contributed by atoms with Gasteiger partial charge in [-0.2, -0.15) is 0 Å². The second-order valence-corrected chi connectivity index (χ2v) is 8.98. The Bertz CT molecular complexity index is 1400. The molecule has 0 spiro atoms. The van der Waals surface area contributed by atoms with Gasteiger partial charge in [-0.1, -0.05) is 24.3 Å². The van der Waals surface area contributed by atoms with Crippen LogP contribution >= 0.6 is 0 Å². The summed E-state index contributed by atoms with van der Waals surface area (Å²) >= 11 is 0. The highest BCUT2D eigenvalue weighted by molar-refractivity contribution is 5.85. The van der Waals surface area contributed by atoms with Crippen molar-refractivity contribution >= 4 is 30.6 Å². The summed E-state index contributed by atoms with van der Waals surface area (Å²) in [6.07, 6.45) is 0.233. The van der Waals surface area contributed by atoms with Crippen LogP contribution in [0.25, 0.3) is 0 Å². The van der Waals surface area contributed by atoms with E-state index in [0.29, 0.717) is 17.0 Å². The first-order chi connectivity index (χ1) is 20.2. The summed E-state index contributed by atoms with van der Waals surface area (Å²) in [6, 6.07) is 14.4. The Morgan fingerprint density at radius 2 is 1.64 bits per heavy atom. The number of benzene rings is 1. The number of nitrogens with zero attached hydrogens (tertiary/aromatic N) is 5. The fourth-order valence-electron chi connectivity index (χ4n) is 4.20. The first-order valence-electron chi connectivity index (χ1n) is 12.4. The van der Waals surface area contributed by atoms with Crippen LogP contribution < -0.4 is 4.74 Å². The molecule has 220 valence electrons. The van der Waals surface area contributed by atoms with Gasteiger partial charge in [-0.3, -0.25) is 34.3 Å². The second kappa shape index (κ2) is 15.5. The van der Waals surface area contributed by atoms with Crippen LogP contribution in [-0.4, -0.2) is 85.6 Å². The standard InChI is InChI=1S/C27H27N5O10/c33-17-41-16-31(13-21-3-1-5-24(28-21)27(37)38)23(11-19-7-9-22(10-8-19)32(39)40)14-30(15-26(35)36)12-20-4-2-6-25(29-20)42-18-34/h1-10,17-18,23H,11-16H2,(H,35,36)(H,37,38)/t23-/m0/s1. The summed E-state index contributed by atoms with van der Waals surface area (Å²) < 4.78 is 9.84. The molecule has 0 aliphatic heterocycles. The van der Waals surface area contributed by atoms with Gasteiger partial charge in [0, 0.05) is 43.9 Å². The number of carboxylic acid groups (broad SMARTS) is 2. The van der Waals surface area contributed by atoms with Crippen molar-refractivity contribution in [3.05, 3.63) is 93.4 Å². The van der Waals surface area contributed by atoms with Crippen LogP contribution in [0.4, 0.5) is 5.69 Å². The zero-order chi connectivity index (χ0) is 30.5. The van der Waals surface area contributed by atoms with Crippen LogP contribution in [0.15, 0.2) is 60.7 Å². The average molecular weight is 582 g/mol. The summed E-state index contributed by atoms with van der Waals surface area (Å²) in [5, 5.41) is 30.1. The number of aromatic nitrogens is 2. The molecular weight excluding hydrogens is 554 g/mol. The number of hydrogen-bond acceptors (Lipinski definition) is 12. The first kappa shape index (κ1) is 31.3. The molecule has 0 saturated heterocycles. The van der Waals surface area contributed by atoms with Gasteiger partial charge in [-0.25, -0.2) is 14.8 Å². The smallest absolute Gasteiger partial charge is 0.354 e. The molecule has 42 heavy (non-hydrogen) atoms. The van der Waals surface area contributed by atoms with Gasteiger partial charge in [-0.15, -0.1) is 0 Å². The molecule has 0 aliphatic carbocycles. The monoisotopic (exact) mass is 581 g/mol. The molecule has 2 N–H and O–H groups in total. The number of carbonyl (C=O) groups excluding carboxylic acids is 2. The van der Waals surface area contributed by atoms with Gasteiger partial charge in [0.25, 0.3) is 18.6 Å². The minimum atomic E-state index is -1.23. The maximum Gasteiger partial charge on any atom is 0.354 e. The highest BCUT2D eigenvalue weighted by Crippen LogP contribution is 2.19. The minimum absolute atomic E-state index is 0.0223. The zero-order valence-electron chi connectivity index (χ0n) is 22.1. The van der Waals surface area contributed by atoms with Crippen molar-refractivity contribution in [1.29, 1.82) is 0 Å². The average Bonchev–Trinajstić information content (AvgIpc) is 2.95. The fraction of sp³-hybridized carbons (Fsp3) is 0.259. The Morgan fingerprint density at radius 1 is 0.952 bits per heavy atom. The van der Waals surface area contributed by atoms with Crippen LogP contribution in [0.3, 0.4) is 0 Å². The van der Waals surface area contributed by atoms with E-state index in [4.69, 9.17) is 9.47 Å². The highest BCUT2D eigenvalue weighted by Gasteiger charge is 2.25. The third-order valence-electron chi connectivity index (χ3n) is 6.00. The lowest BCUT2D eigenvalue weighted by Gasteiger charge is -2.34. The topological polar surface area (TPSA) is 203 Å². The van der Waals surface area contributed by atoms with E-state index in [1.54, 1.807) is 40.1 Å². The van der Waals surface area contributed by atoms with E-state index in [1.165, 1.54) is 30.3 Å². The number of hydrogen-bond donors (Lipinski definition) is 2. The Hall–Kier alpha value is -5.28. The Balaban J connectivity index is 1.97. The van der Waals surface area contributed by atoms with E-state index in [0.717, 1.165) is 0 Å². The third-order valence-corrected chi connectivity index (χ3v) is 6.00. The largest absolute Gasteiger partial charge is 0.480 e. The fourth-order valence-corrected chi connectivity index (χ4v) is 4.20. The maximum atomic E-state index is 11.8. The molecule has 2 heterocycles. The lowest BCUT2D eigenvalue weighted by molar-refractivity contribution is -0.384. The number of carboxylic acids is 2. The van der Waals surface area contributed by atoms with Crippen molar-refractivity contribution < 1.29 is 43.8 Å². The number of non-ortho nitro benzene ring substituents is 1. The van der Waals surface area contributed by atoms with Crippen molar-refractivity contribution in [3.8, 4) is 5.88 Å². The molecule has 2 aromatic heterocycles. The molecular formula is C27H27N5O10. The highest BCUT2D eigenvalue weighted by atomic mass is 16.6. The summed E-state index contributed by atoms with van der Waals surface area (Å²) in [6.45, 7) is -0.0598. The SMILES string of the molecule is O=COCN(Cc1cccc(C(=O)O)n1)[C@@H](Cc1ccc([N+](=O)[O-])cc1)CN(CC(=O)O)Cc1cccc(OC=O)n1. The molecule has 0 fully saturated rings. The summed E-state index contributed by atoms with van der Waals surface area (Å²) in [7, 11) is 0. The number of nitro benzene ring substituents is 1. The number of pyridine rings is 2. The van der Waals surface area contributed by atoms with E-state index in [-0.39, 0.29) is 63.0 Å². The lowest BCUT2D eigenvalue weighted by Crippen LogP contribution is -2.47. The van der Waals surface area contributed by atoms with Crippen LogP contribution in [0.1, 0.15) is 27.4 Å². The molecule has 15 nitrogen and oxygen atoms in total. The van der Waals surface area contributed by atoms with Crippen molar-refractivity contribution in [2.75, 3.05) is 19.8 Å². The van der Waals surface area contributed by atoms with Gasteiger partial charge in [0.05, 0.1) is 22.9 Å². The second-order valence-electron chi connectivity index (χ2n) is 8.98. The Kier molecular flexibility index (Phi) is 11.5. The van der Waals surface area contributed by atoms with E-state index in [1.807, 2.05) is 0 Å². The predicted molar refractivity (Wildman–Crippen MR) is 143 cm³/mol. The number of ether oxygens (including phenoxy) is 2. The number of aromatic carboxylic acids is 1. The van der Waals surface area contributed by atoms with Gasteiger partial charge in [0.2, 0.25) is 5.88 Å². The van der Waals surface area contributed by atoms with Gasteiger partial charge in [0.1, 0.15) is 12.4 Å². The molecule has 0 aliphatic rings. The molecule has 3 aromatic rings. The van der Waals surface area contributed by atoms with Gasteiger partial charge >= 0.3 is 11.9 Å². The van der Waals surface area contributed by atoms with Crippen molar-refractivity contribution in [2.24, 2.45) is 0 Å². The van der Waals surface area contributed by atoms with Crippen molar-refractivity contribution in [2.45, 2.75) is 25.6 Å². The summed E-state index contributed by atoms with van der Waals surface area (Å²) in [5.41, 5.74) is 1.14. The van der Waals surface area contributed by atoms with E-state index >= 15 is 0 Å². The zero-order valence-corrected chi connectivity index (χ0v) is 22.1. The van der Waals surface area contributed by atoms with Crippen molar-refractivity contribution in [1.82, 2.24) is 19.8 Å². The lowest BCUT2D eigenvalue weighted by atomic mass is 10.0. The molecule has 0 radical (unpaired) electrons. The van der Waals surface area contributed by atoms with E-state index < -0.39 is 29.4 Å². The van der Waals surface area contributed by atoms with Gasteiger partial charge in [-0.05, 0) is 30.2 Å². The van der Waals surface area contributed by atoms with Crippen molar-refractivity contribution in [3.63, 3.8) is 0 Å². The third kappa shape index (κ3) is 9.72. The molecule has 15 heteroatoms. The van der Waals surface area contributed by atoms with Gasteiger partial charge < -0.3 is 19.7 Å². The predicted octanol–water partition coefficient (Wildman–Crippen LogP) is 1.75. The first-order valence-corrected chi connectivity index (χ1v) is 12.4. The molecule has 0 unspecified atom stereocenters. The maximum absolute atomic E-state index is 11.8. The molecule has 0 bridgehead atoms. The minimum Gasteiger partial charge on any atom is -0.480 e. The summed E-state index contributed by atoms with van der Waals surface area (Å²) in [5.74, 6) is -2.32. The van der Waals surface area contributed by atoms with Crippen LogP contribution in [0, 0.1) is 10.1 Å². The van der Waals surface area contributed by atoms with E-state index in [2.05, 4.69) is 9.97 Å².